The minimum atomic E-state index is -0.225. The number of halogens is 1. The van der Waals surface area contributed by atoms with E-state index < -0.39 is 0 Å². The smallest absolute Gasteiger partial charge is 0.267 e. The van der Waals surface area contributed by atoms with Gasteiger partial charge in [-0.3, -0.25) is 4.79 Å². The average molecular weight is 275 g/mol. The summed E-state index contributed by atoms with van der Waals surface area (Å²) in [6, 6.07) is 6.84. The molecule has 2 bridgehead atoms. The summed E-state index contributed by atoms with van der Waals surface area (Å²) < 4.78 is 0. The SMILES string of the molecule is O=C(NN=CC1CC2C=CC1C2)c1cccc(Cl)c1. The second kappa shape index (κ2) is 5.17. The van der Waals surface area contributed by atoms with Gasteiger partial charge in [-0.25, -0.2) is 5.43 Å². The Bertz CT molecular complexity index is 553. The van der Waals surface area contributed by atoms with E-state index in [0.29, 0.717) is 28.3 Å². The fourth-order valence-electron chi connectivity index (χ4n) is 2.88. The molecule has 2 aliphatic carbocycles. The first-order valence-electron chi connectivity index (χ1n) is 6.50. The topological polar surface area (TPSA) is 41.5 Å². The largest absolute Gasteiger partial charge is 0.271 e. The van der Waals surface area contributed by atoms with Crippen LogP contribution in [0.1, 0.15) is 23.2 Å². The van der Waals surface area contributed by atoms with Crippen molar-refractivity contribution in [1.82, 2.24) is 5.43 Å². The predicted molar refractivity (Wildman–Crippen MR) is 76.3 cm³/mol. The van der Waals surface area contributed by atoms with Crippen molar-refractivity contribution in [1.29, 1.82) is 0 Å². The summed E-state index contributed by atoms with van der Waals surface area (Å²) in [7, 11) is 0. The van der Waals surface area contributed by atoms with Crippen molar-refractivity contribution in [3.05, 3.63) is 47.0 Å². The van der Waals surface area contributed by atoms with Crippen LogP contribution in [0.2, 0.25) is 5.02 Å². The summed E-state index contributed by atoms with van der Waals surface area (Å²) in [5.74, 6) is 1.56. The van der Waals surface area contributed by atoms with Gasteiger partial charge >= 0.3 is 0 Å². The molecule has 98 valence electrons. The molecule has 0 heterocycles. The molecule has 4 heteroatoms. The second-order valence-electron chi connectivity index (χ2n) is 5.17. The zero-order valence-corrected chi connectivity index (χ0v) is 11.2. The van der Waals surface area contributed by atoms with Gasteiger partial charge in [0, 0.05) is 22.7 Å². The predicted octanol–water partition coefficient (Wildman–Crippen LogP) is 3.27. The maximum absolute atomic E-state index is 11.8. The second-order valence-corrected chi connectivity index (χ2v) is 5.61. The van der Waals surface area contributed by atoms with Gasteiger partial charge < -0.3 is 0 Å². The first kappa shape index (κ1) is 12.4. The quantitative estimate of drug-likeness (QED) is 0.513. The first-order valence-corrected chi connectivity index (χ1v) is 6.87. The van der Waals surface area contributed by atoms with E-state index in [0.717, 1.165) is 6.42 Å². The van der Waals surface area contributed by atoms with E-state index in [4.69, 9.17) is 11.6 Å². The van der Waals surface area contributed by atoms with E-state index in [2.05, 4.69) is 22.7 Å². The van der Waals surface area contributed by atoms with Gasteiger partial charge in [-0.15, -0.1) is 0 Å². The summed E-state index contributed by atoms with van der Waals surface area (Å²) in [6.07, 6.45) is 8.82. The Balaban J connectivity index is 1.57. The molecule has 3 nitrogen and oxygen atoms in total. The Morgan fingerprint density at radius 2 is 2.26 bits per heavy atom. The highest BCUT2D eigenvalue weighted by atomic mass is 35.5. The minimum absolute atomic E-state index is 0.225. The Kier molecular flexibility index (Phi) is 3.38. The summed E-state index contributed by atoms with van der Waals surface area (Å²) in [5, 5.41) is 4.63. The number of amides is 1. The maximum atomic E-state index is 11.8. The summed E-state index contributed by atoms with van der Waals surface area (Å²) >= 11 is 5.84. The molecule has 0 spiro atoms. The molecule has 1 amide bonds. The summed E-state index contributed by atoms with van der Waals surface area (Å²) in [4.78, 5) is 11.8. The van der Waals surface area contributed by atoms with Crippen molar-refractivity contribution in [2.24, 2.45) is 22.9 Å². The molecular weight excluding hydrogens is 260 g/mol. The Labute approximate surface area is 117 Å². The Hall–Kier alpha value is -1.61. The average Bonchev–Trinajstić information content (AvgIpc) is 3.01. The summed E-state index contributed by atoms with van der Waals surface area (Å²) in [6.45, 7) is 0. The van der Waals surface area contributed by atoms with E-state index in [1.54, 1.807) is 24.3 Å². The molecule has 1 saturated carbocycles. The number of allylic oxidation sites excluding steroid dienone is 2. The van der Waals surface area contributed by atoms with Crippen LogP contribution < -0.4 is 5.43 Å². The molecule has 1 aromatic carbocycles. The first-order chi connectivity index (χ1) is 9.22. The van der Waals surface area contributed by atoms with E-state index >= 15 is 0 Å². The molecule has 0 saturated heterocycles. The van der Waals surface area contributed by atoms with Crippen molar-refractivity contribution in [2.75, 3.05) is 0 Å². The lowest BCUT2D eigenvalue weighted by molar-refractivity contribution is 0.0955. The molecule has 1 N–H and O–H groups in total. The lowest BCUT2D eigenvalue weighted by atomic mass is 9.95. The van der Waals surface area contributed by atoms with Crippen LogP contribution in [0.4, 0.5) is 0 Å². The summed E-state index contributed by atoms with van der Waals surface area (Å²) in [5.41, 5.74) is 3.09. The molecule has 3 rings (SSSR count). The molecule has 1 fully saturated rings. The number of carbonyl (C=O) groups is 1. The molecule has 3 unspecified atom stereocenters. The number of rotatable bonds is 3. The normalized spacial score (nSPS) is 28.2. The van der Waals surface area contributed by atoms with Crippen molar-refractivity contribution in [3.63, 3.8) is 0 Å². The zero-order valence-electron chi connectivity index (χ0n) is 10.4. The van der Waals surface area contributed by atoms with Crippen LogP contribution in [0, 0.1) is 17.8 Å². The molecule has 0 radical (unpaired) electrons. The number of hydrazone groups is 1. The molecule has 3 atom stereocenters. The highest BCUT2D eigenvalue weighted by molar-refractivity contribution is 6.30. The van der Waals surface area contributed by atoms with Gasteiger partial charge in [-0.2, -0.15) is 5.10 Å². The molecule has 0 aliphatic heterocycles. The van der Waals surface area contributed by atoms with Gasteiger partial charge in [-0.05, 0) is 42.9 Å². The molecular formula is C15H15ClN2O. The fraction of sp³-hybridized carbons (Fsp3) is 0.333. The standard InChI is InChI=1S/C15H15ClN2O/c16-14-3-1-2-12(8-14)15(19)18-17-9-13-7-10-4-5-11(13)6-10/h1-5,8-11,13H,6-7H2,(H,18,19). The number of hydrogen-bond donors (Lipinski definition) is 1. The van der Waals surface area contributed by atoms with Crippen LogP contribution in [-0.4, -0.2) is 12.1 Å². The number of benzene rings is 1. The van der Waals surface area contributed by atoms with Crippen molar-refractivity contribution < 1.29 is 4.79 Å². The van der Waals surface area contributed by atoms with Crippen LogP contribution in [0.5, 0.6) is 0 Å². The Morgan fingerprint density at radius 3 is 2.95 bits per heavy atom. The van der Waals surface area contributed by atoms with E-state index in [1.165, 1.54) is 6.42 Å². The third kappa shape index (κ3) is 2.71. The van der Waals surface area contributed by atoms with Gasteiger partial charge in [0.15, 0.2) is 0 Å². The van der Waals surface area contributed by atoms with Gasteiger partial charge in [-0.1, -0.05) is 29.8 Å². The molecule has 0 aromatic heterocycles. The van der Waals surface area contributed by atoms with Crippen LogP contribution >= 0.6 is 11.6 Å². The number of fused-ring (bicyclic) bond motifs is 2. The Morgan fingerprint density at radius 1 is 1.37 bits per heavy atom. The van der Waals surface area contributed by atoms with Gasteiger partial charge in [0.2, 0.25) is 0 Å². The molecule has 2 aliphatic rings. The third-order valence-electron chi connectivity index (χ3n) is 3.85. The third-order valence-corrected chi connectivity index (χ3v) is 4.08. The monoisotopic (exact) mass is 274 g/mol. The minimum Gasteiger partial charge on any atom is -0.267 e. The van der Waals surface area contributed by atoms with Gasteiger partial charge in [0.1, 0.15) is 0 Å². The maximum Gasteiger partial charge on any atom is 0.271 e. The molecule has 19 heavy (non-hydrogen) atoms. The van der Waals surface area contributed by atoms with Crippen molar-refractivity contribution >= 4 is 23.7 Å². The van der Waals surface area contributed by atoms with Crippen LogP contribution in [-0.2, 0) is 0 Å². The lowest BCUT2D eigenvalue weighted by Crippen LogP contribution is -2.19. The van der Waals surface area contributed by atoms with Crippen LogP contribution in [0.15, 0.2) is 41.5 Å². The number of nitrogens with one attached hydrogen (secondary N) is 1. The van der Waals surface area contributed by atoms with Gasteiger partial charge in [0.25, 0.3) is 5.91 Å². The zero-order chi connectivity index (χ0) is 13.2. The highest BCUT2D eigenvalue weighted by Crippen LogP contribution is 2.42. The van der Waals surface area contributed by atoms with E-state index in [1.807, 2.05) is 6.21 Å². The van der Waals surface area contributed by atoms with Crippen LogP contribution in [0.3, 0.4) is 0 Å². The van der Waals surface area contributed by atoms with Crippen molar-refractivity contribution in [2.45, 2.75) is 12.8 Å². The van der Waals surface area contributed by atoms with E-state index in [9.17, 15) is 4.79 Å². The highest BCUT2D eigenvalue weighted by Gasteiger charge is 2.34. The number of nitrogens with zero attached hydrogens (tertiary/aromatic N) is 1. The lowest BCUT2D eigenvalue weighted by Gasteiger charge is -2.11. The van der Waals surface area contributed by atoms with E-state index in [-0.39, 0.29) is 5.91 Å². The van der Waals surface area contributed by atoms with Gasteiger partial charge in [0.05, 0.1) is 0 Å². The number of hydrogen-bond acceptors (Lipinski definition) is 2. The van der Waals surface area contributed by atoms with Crippen molar-refractivity contribution in [3.8, 4) is 0 Å². The molecule has 1 aromatic rings. The fourth-order valence-corrected chi connectivity index (χ4v) is 3.07. The number of carbonyl (C=O) groups excluding carboxylic acids is 1. The van der Waals surface area contributed by atoms with Crippen LogP contribution in [0.25, 0.3) is 0 Å².